The minimum Gasteiger partial charge on any atom is -0.242 e. The van der Waals surface area contributed by atoms with E-state index in [0.717, 1.165) is 5.01 Å². The molecule has 0 aliphatic carbocycles. The van der Waals surface area contributed by atoms with Gasteiger partial charge < -0.3 is 0 Å². The van der Waals surface area contributed by atoms with Crippen LogP contribution in [0.4, 0.5) is 0 Å². The van der Waals surface area contributed by atoms with Crippen LogP contribution in [-0.2, 0) is 6.42 Å². The van der Waals surface area contributed by atoms with Crippen LogP contribution in [0.3, 0.4) is 0 Å². The summed E-state index contributed by atoms with van der Waals surface area (Å²) in [6.07, 6.45) is 2.37. The summed E-state index contributed by atoms with van der Waals surface area (Å²) in [6, 6.07) is 4.52. The van der Waals surface area contributed by atoms with E-state index < -0.39 is 0 Å². The molecule has 0 atom stereocenters. The van der Waals surface area contributed by atoms with Crippen LogP contribution in [0.25, 0.3) is 10.2 Å². The van der Waals surface area contributed by atoms with Gasteiger partial charge in [-0.05, 0) is 43.5 Å². The average Bonchev–Trinajstić information content (AvgIpc) is 2.45. The Morgan fingerprint density at radius 2 is 2.07 bits per heavy atom. The van der Waals surface area contributed by atoms with Crippen molar-refractivity contribution in [3.8, 4) is 0 Å². The second kappa shape index (κ2) is 3.70. The Bertz CT molecular complexity index is 457. The summed E-state index contributed by atoms with van der Waals surface area (Å²) in [5, 5.41) is 1.16. The van der Waals surface area contributed by atoms with Gasteiger partial charge in [-0.15, -0.1) is 11.3 Å². The number of fused-ring (bicyclic) bond motifs is 1. The molecule has 2 aromatic rings. The summed E-state index contributed by atoms with van der Waals surface area (Å²) in [5.74, 6) is 0. The van der Waals surface area contributed by atoms with Gasteiger partial charge in [0.2, 0.25) is 0 Å². The summed E-state index contributed by atoms with van der Waals surface area (Å²) in [7, 11) is 0. The van der Waals surface area contributed by atoms with E-state index in [0.29, 0.717) is 0 Å². The van der Waals surface area contributed by atoms with E-state index >= 15 is 0 Å². The Hall–Kier alpha value is -0.890. The first kappa shape index (κ1) is 9.66. The molecular weight excluding hydrogens is 190 g/mol. The summed E-state index contributed by atoms with van der Waals surface area (Å²) >= 11 is 1.78. The molecule has 0 saturated heterocycles. The van der Waals surface area contributed by atoms with Crippen molar-refractivity contribution in [3.63, 3.8) is 0 Å². The van der Waals surface area contributed by atoms with Crippen LogP contribution in [0.2, 0.25) is 0 Å². The maximum atomic E-state index is 4.52. The topological polar surface area (TPSA) is 12.9 Å². The standard InChI is InChI=1S/C12H15NS/c1-4-5-10-7-11-12(6-8(10)2)14-9(3)13-11/h6-7H,4-5H2,1-3H3. The van der Waals surface area contributed by atoms with Gasteiger partial charge in [0.05, 0.1) is 15.2 Å². The Kier molecular flexibility index (Phi) is 2.55. The van der Waals surface area contributed by atoms with Crippen LogP contribution in [0, 0.1) is 13.8 Å². The molecule has 0 fully saturated rings. The molecule has 1 nitrogen and oxygen atoms in total. The first-order valence-corrected chi connectivity index (χ1v) is 5.89. The van der Waals surface area contributed by atoms with Gasteiger partial charge in [-0.1, -0.05) is 13.3 Å². The van der Waals surface area contributed by atoms with E-state index in [1.165, 1.54) is 34.2 Å². The van der Waals surface area contributed by atoms with Gasteiger partial charge in [-0.3, -0.25) is 0 Å². The van der Waals surface area contributed by atoms with Crippen molar-refractivity contribution in [2.24, 2.45) is 0 Å². The molecule has 0 N–H and O–H groups in total. The van der Waals surface area contributed by atoms with Crippen molar-refractivity contribution in [2.45, 2.75) is 33.6 Å². The number of aryl methyl sites for hydroxylation is 3. The third-order valence-corrected chi connectivity index (χ3v) is 3.41. The molecule has 2 rings (SSSR count). The highest BCUT2D eigenvalue weighted by Crippen LogP contribution is 2.25. The zero-order valence-electron chi connectivity index (χ0n) is 8.92. The summed E-state index contributed by atoms with van der Waals surface area (Å²) in [4.78, 5) is 4.52. The lowest BCUT2D eigenvalue weighted by Crippen LogP contribution is -1.87. The van der Waals surface area contributed by atoms with E-state index in [1.54, 1.807) is 11.3 Å². The highest BCUT2D eigenvalue weighted by molar-refractivity contribution is 7.18. The second-order valence-corrected chi connectivity index (χ2v) is 4.96. The van der Waals surface area contributed by atoms with Gasteiger partial charge in [0.15, 0.2) is 0 Å². The van der Waals surface area contributed by atoms with Crippen molar-refractivity contribution in [2.75, 3.05) is 0 Å². The largest absolute Gasteiger partial charge is 0.242 e. The lowest BCUT2D eigenvalue weighted by molar-refractivity contribution is 0.914. The van der Waals surface area contributed by atoms with Gasteiger partial charge in [0, 0.05) is 0 Å². The maximum Gasteiger partial charge on any atom is 0.0907 e. The Morgan fingerprint density at radius 3 is 2.79 bits per heavy atom. The van der Waals surface area contributed by atoms with Gasteiger partial charge in [-0.2, -0.15) is 0 Å². The fraction of sp³-hybridized carbons (Fsp3) is 0.417. The van der Waals surface area contributed by atoms with Crippen molar-refractivity contribution >= 4 is 21.6 Å². The second-order valence-electron chi connectivity index (χ2n) is 3.73. The molecule has 1 aromatic heterocycles. The van der Waals surface area contributed by atoms with Gasteiger partial charge >= 0.3 is 0 Å². The third-order valence-electron chi connectivity index (χ3n) is 2.47. The van der Waals surface area contributed by atoms with Gasteiger partial charge in [-0.25, -0.2) is 4.98 Å². The minimum atomic E-state index is 1.16. The van der Waals surface area contributed by atoms with Crippen LogP contribution >= 0.6 is 11.3 Å². The van der Waals surface area contributed by atoms with Crippen molar-refractivity contribution in [3.05, 3.63) is 28.3 Å². The molecule has 0 bridgehead atoms. The molecule has 0 aliphatic heterocycles. The number of thiazole rings is 1. The molecule has 0 saturated carbocycles. The third kappa shape index (κ3) is 1.67. The van der Waals surface area contributed by atoms with E-state index in [9.17, 15) is 0 Å². The molecule has 1 heterocycles. The number of rotatable bonds is 2. The fourth-order valence-electron chi connectivity index (χ4n) is 1.77. The van der Waals surface area contributed by atoms with Crippen LogP contribution in [0.15, 0.2) is 12.1 Å². The smallest absolute Gasteiger partial charge is 0.0907 e. The highest BCUT2D eigenvalue weighted by Gasteiger charge is 2.04. The lowest BCUT2D eigenvalue weighted by Gasteiger charge is -2.03. The number of aromatic nitrogens is 1. The molecule has 14 heavy (non-hydrogen) atoms. The zero-order valence-corrected chi connectivity index (χ0v) is 9.74. The predicted octanol–water partition coefficient (Wildman–Crippen LogP) is 3.87. The number of hydrogen-bond acceptors (Lipinski definition) is 2. The Balaban J connectivity index is 2.58. The van der Waals surface area contributed by atoms with E-state index in [-0.39, 0.29) is 0 Å². The quantitative estimate of drug-likeness (QED) is 0.725. The van der Waals surface area contributed by atoms with Crippen molar-refractivity contribution < 1.29 is 0 Å². The molecular formula is C12H15NS. The monoisotopic (exact) mass is 205 g/mol. The first-order chi connectivity index (χ1) is 6.70. The van der Waals surface area contributed by atoms with Crippen LogP contribution in [-0.4, -0.2) is 4.98 Å². The van der Waals surface area contributed by atoms with Gasteiger partial charge in [0.1, 0.15) is 0 Å². The molecule has 0 unspecified atom stereocenters. The average molecular weight is 205 g/mol. The first-order valence-electron chi connectivity index (χ1n) is 5.07. The van der Waals surface area contributed by atoms with Crippen molar-refractivity contribution in [1.82, 2.24) is 4.98 Å². The fourth-order valence-corrected chi connectivity index (χ4v) is 2.68. The molecule has 2 heteroatoms. The van der Waals surface area contributed by atoms with Crippen molar-refractivity contribution in [1.29, 1.82) is 0 Å². The summed E-state index contributed by atoms with van der Waals surface area (Å²) in [5.41, 5.74) is 4.02. The van der Waals surface area contributed by atoms with Gasteiger partial charge in [0.25, 0.3) is 0 Å². The van der Waals surface area contributed by atoms with E-state index in [2.05, 4.69) is 37.9 Å². The Labute approximate surface area is 88.8 Å². The molecule has 0 amide bonds. The van der Waals surface area contributed by atoms with Crippen LogP contribution in [0.5, 0.6) is 0 Å². The normalized spacial score (nSPS) is 11.1. The Morgan fingerprint density at radius 1 is 1.29 bits per heavy atom. The zero-order chi connectivity index (χ0) is 10.1. The van der Waals surface area contributed by atoms with Crippen LogP contribution < -0.4 is 0 Å². The predicted molar refractivity (Wildman–Crippen MR) is 63.1 cm³/mol. The summed E-state index contributed by atoms with van der Waals surface area (Å²) < 4.78 is 1.32. The number of benzene rings is 1. The molecule has 1 aromatic carbocycles. The van der Waals surface area contributed by atoms with E-state index in [4.69, 9.17) is 0 Å². The lowest BCUT2D eigenvalue weighted by atomic mass is 10.0. The molecule has 0 radical (unpaired) electrons. The number of hydrogen-bond donors (Lipinski definition) is 0. The minimum absolute atomic E-state index is 1.16. The number of nitrogens with zero attached hydrogens (tertiary/aromatic N) is 1. The van der Waals surface area contributed by atoms with Crippen LogP contribution in [0.1, 0.15) is 29.5 Å². The summed E-state index contributed by atoms with van der Waals surface area (Å²) in [6.45, 7) is 6.48. The molecule has 74 valence electrons. The molecule has 0 aliphatic rings. The molecule has 0 spiro atoms. The van der Waals surface area contributed by atoms with E-state index in [1.807, 2.05) is 0 Å². The maximum absolute atomic E-state index is 4.52. The highest BCUT2D eigenvalue weighted by atomic mass is 32.1. The SMILES string of the molecule is CCCc1cc2nc(C)sc2cc1C.